The molecule has 1 aromatic rings. The highest BCUT2D eigenvalue weighted by molar-refractivity contribution is 5.76. The second-order valence-corrected chi connectivity index (χ2v) is 5.08. The molecule has 0 saturated carbocycles. The number of fused-ring (bicyclic) bond motifs is 1. The molecular formula is C13H19N3O3. The summed E-state index contributed by atoms with van der Waals surface area (Å²) < 4.78 is 10.9. The Balaban J connectivity index is 1.48. The lowest BCUT2D eigenvalue weighted by atomic mass is 10.1. The molecule has 2 aliphatic heterocycles. The number of imidazole rings is 1. The molecule has 6 heteroatoms. The SMILES string of the molecule is O=C(OCC1CCCCO1)C1Cc2nc[nH]c2CN1. The van der Waals surface area contributed by atoms with Gasteiger partial charge in [0.2, 0.25) is 0 Å². The fourth-order valence-electron chi connectivity index (χ4n) is 2.55. The molecule has 6 nitrogen and oxygen atoms in total. The van der Waals surface area contributed by atoms with E-state index < -0.39 is 0 Å². The molecule has 0 aliphatic carbocycles. The van der Waals surface area contributed by atoms with Crippen molar-refractivity contribution in [3.05, 3.63) is 17.7 Å². The van der Waals surface area contributed by atoms with Crippen LogP contribution in [-0.4, -0.2) is 41.3 Å². The molecule has 3 rings (SSSR count). The number of hydrogen-bond acceptors (Lipinski definition) is 5. The molecule has 0 bridgehead atoms. The summed E-state index contributed by atoms with van der Waals surface area (Å²) >= 11 is 0. The zero-order chi connectivity index (χ0) is 13.1. The fraction of sp³-hybridized carbons (Fsp3) is 0.692. The van der Waals surface area contributed by atoms with Gasteiger partial charge in [0.15, 0.2) is 0 Å². The van der Waals surface area contributed by atoms with Crippen LogP contribution < -0.4 is 5.32 Å². The lowest BCUT2D eigenvalue weighted by Gasteiger charge is -2.25. The number of aromatic amines is 1. The maximum atomic E-state index is 12.0. The summed E-state index contributed by atoms with van der Waals surface area (Å²) in [5, 5.41) is 3.16. The first kappa shape index (κ1) is 12.6. The van der Waals surface area contributed by atoms with E-state index in [0.29, 0.717) is 19.6 Å². The third kappa shape index (κ3) is 2.96. The summed E-state index contributed by atoms with van der Waals surface area (Å²) in [7, 11) is 0. The Morgan fingerprint density at radius 1 is 1.53 bits per heavy atom. The van der Waals surface area contributed by atoms with Crippen molar-refractivity contribution in [2.24, 2.45) is 0 Å². The van der Waals surface area contributed by atoms with Crippen LogP contribution in [0.1, 0.15) is 30.7 Å². The Hall–Kier alpha value is -1.40. The molecule has 1 saturated heterocycles. The number of hydrogen-bond donors (Lipinski definition) is 2. The predicted octanol–water partition coefficient (Wildman–Crippen LogP) is 0.536. The minimum Gasteiger partial charge on any atom is -0.462 e. The van der Waals surface area contributed by atoms with Crippen LogP contribution >= 0.6 is 0 Å². The van der Waals surface area contributed by atoms with Gasteiger partial charge in [0.25, 0.3) is 0 Å². The van der Waals surface area contributed by atoms with Crippen molar-refractivity contribution in [2.75, 3.05) is 13.2 Å². The number of aromatic nitrogens is 2. The summed E-state index contributed by atoms with van der Waals surface area (Å²) in [4.78, 5) is 19.3. The Kier molecular flexibility index (Phi) is 3.79. The number of carbonyl (C=O) groups is 1. The number of H-pyrrole nitrogens is 1. The first-order valence-electron chi connectivity index (χ1n) is 6.85. The molecule has 1 aromatic heterocycles. The van der Waals surface area contributed by atoms with Crippen LogP contribution in [0.5, 0.6) is 0 Å². The van der Waals surface area contributed by atoms with Gasteiger partial charge in [-0.1, -0.05) is 0 Å². The summed E-state index contributed by atoms with van der Waals surface area (Å²) in [6.07, 6.45) is 5.56. The van der Waals surface area contributed by atoms with E-state index in [1.54, 1.807) is 6.33 Å². The number of nitrogens with one attached hydrogen (secondary N) is 2. The van der Waals surface area contributed by atoms with Gasteiger partial charge < -0.3 is 14.5 Å². The van der Waals surface area contributed by atoms with E-state index >= 15 is 0 Å². The van der Waals surface area contributed by atoms with Gasteiger partial charge in [-0.3, -0.25) is 10.1 Å². The number of nitrogens with zero attached hydrogens (tertiary/aromatic N) is 1. The molecule has 104 valence electrons. The molecule has 2 unspecified atom stereocenters. The Morgan fingerprint density at radius 3 is 3.32 bits per heavy atom. The van der Waals surface area contributed by atoms with Crippen molar-refractivity contribution >= 4 is 5.97 Å². The zero-order valence-corrected chi connectivity index (χ0v) is 10.9. The summed E-state index contributed by atoms with van der Waals surface area (Å²) in [6, 6.07) is -0.292. The van der Waals surface area contributed by atoms with Crippen LogP contribution in [0.25, 0.3) is 0 Å². The number of carbonyl (C=O) groups excluding carboxylic acids is 1. The van der Waals surface area contributed by atoms with E-state index in [0.717, 1.165) is 37.3 Å². The van der Waals surface area contributed by atoms with Gasteiger partial charge >= 0.3 is 5.97 Å². The minimum absolute atomic E-state index is 0.0715. The van der Waals surface area contributed by atoms with Crippen molar-refractivity contribution < 1.29 is 14.3 Å². The van der Waals surface area contributed by atoms with Gasteiger partial charge in [-0.05, 0) is 19.3 Å². The Morgan fingerprint density at radius 2 is 2.47 bits per heavy atom. The fourth-order valence-corrected chi connectivity index (χ4v) is 2.55. The molecule has 0 spiro atoms. The smallest absolute Gasteiger partial charge is 0.323 e. The largest absolute Gasteiger partial charge is 0.462 e. The molecule has 0 radical (unpaired) electrons. The summed E-state index contributed by atoms with van der Waals surface area (Å²) in [5.74, 6) is -0.206. The molecule has 0 aromatic carbocycles. The maximum Gasteiger partial charge on any atom is 0.323 e. The van der Waals surface area contributed by atoms with Gasteiger partial charge in [-0.15, -0.1) is 0 Å². The summed E-state index contributed by atoms with van der Waals surface area (Å²) in [5.41, 5.74) is 2.01. The second-order valence-electron chi connectivity index (χ2n) is 5.08. The average molecular weight is 265 g/mol. The van der Waals surface area contributed by atoms with Crippen LogP contribution in [0.3, 0.4) is 0 Å². The van der Waals surface area contributed by atoms with E-state index in [2.05, 4.69) is 15.3 Å². The highest BCUT2D eigenvalue weighted by Crippen LogP contribution is 2.15. The standard InChI is InChI=1S/C13H19N3O3/c17-13(19-7-9-3-1-2-4-18-9)11-5-10-12(6-14-11)16-8-15-10/h8-9,11,14H,1-7H2,(H,15,16). The van der Waals surface area contributed by atoms with Crippen LogP contribution in [0.15, 0.2) is 6.33 Å². The molecule has 2 atom stereocenters. The van der Waals surface area contributed by atoms with Crippen molar-refractivity contribution in [1.29, 1.82) is 0 Å². The van der Waals surface area contributed by atoms with Crippen LogP contribution in [-0.2, 0) is 27.2 Å². The molecule has 1 fully saturated rings. The minimum atomic E-state index is -0.292. The number of rotatable bonds is 3. The Bertz CT molecular complexity index is 440. The Labute approximate surface area is 111 Å². The lowest BCUT2D eigenvalue weighted by molar-refractivity contribution is -0.151. The van der Waals surface area contributed by atoms with Gasteiger partial charge in [0, 0.05) is 19.6 Å². The van der Waals surface area contributed by atoms with Gasteiger partial charge in [-0.25, -0.2) is 4.98 Å². The third-order valence-corrected chi connectivity index (χ3v) is 3.70. The van der Waals surface area contributed by atoms with Crippen molar-refractivity contribution in [3.8, 4) is 0 Å². The maximum absolute atomic E-state index is 12.0. The number of ether oxygens (including phenoxy) is 2. The van der Waals surface area contributed by atoms with Crippen LogP contribution in [0.4, 0.5) is 0 Å². The van der Waals surface area contributed by atoms with Gasteiger partial charge in [0.1, 0.15) is 12.6 Å². The first-order valence-corrected chi connectivity index (χ1v) is 6.85. The van der Waals surface area contributed by atoms with Crippen LogP contribution in [0.2, 0.25) is 0 Å². The van der Waals surface area contributed by atoms with E-state index in [1.807, 2.05) is 0 Å². The van der Waals surface area contributed by atoms with Crippen molar-refractivity contribution in [1.82, 2.24) is 15.3 Å². The molecule has 19 heavy (non-hydrogen) atoms. The topological polar surface area (TPSA) is 76.2 Å². The zero-order valence-electron chi connectivity index (χ0n) is 10.9. The average Bonchev–Trinajstić information content (AvgIpc) is 2.93. The van der Waals surface area contributed by atoms with E-state index in [4.69, 9.17) is 9.47 Å². The normalized spacial score (nSPS) is 26.7. The molecule has 0 amide bonds. The molecular weight excluding hydrogens is 246 g/mol. The summed E-state index contributed by atoms with van der Waals surface area (Å²) in [6.45, 7) is 1.78. The van der Waals surface area contributed by atoms with Crippen LogP contribution in [0, 0.1) is 0 Å². The molecule has 2 N–H and O–H groups in total. The first-order chi connectivity index (χ1) is 9.33. The van der Waals surface area contributed by atoms with E-state index in [-0.39, 0.29) is 18.1 Å². The van der Waals surface area contributed by atoms with Gasteiger partial charge in [-0.2, -0.15) is 0 Å². The second kappa shape index (κ2) is 5.71. The number of esters is 1. The van der Waals surface area contributed by atoms with E-state index in [1.165, 1.54) is 0 Å². The van der Waals surface area contributed by atoms with Crippen molar-refractivity contribution in [2.45, 2.75) is 44.4 Å². The quantitative estimate of drug-likeness (QED) is 0.780. The predicted molar refractivity (Wildman–Crippen MR) is 67.5 cm³/mol. The molecule has 3 heterocycles. The highest BCUT2D eigenvalue weighted by atomic mass is 16.6. The third-order valence-electron chi connectivity index (χ3n) is 3.70. The molecule has 2 aliphatic rings. The van der Waals surface area contributed by atoms with Crippen molar-refractivity contribution in [3.63, 3.8) is 0 Å². The monoisotopic (exact) mass is 265 g/mol. The lowest BCUT2D eigenvalue weighted by Crippen LogP contribution is -2.43. The highest BCUT2D eigenvalue weighted by Gasteiger charge is 2.27. The van der Waals surface area contributed by atoms with Gasteiger partial charge in [0.05, 0.1) is 23.8 Å². The van der Waals surface area contributed by atoms with E-state index in [9.17, 15) is 4.79 Å².